The molecule has 30 heavy (non-hydrogen) atoms. The molecule has 8 heteroatoms. The Balaban J connectivity index is 2.04. The molecule has 160 valence electrons. The molecule has 2 aromatic carbocycles. The van der Waals surface area contributed by atoms with Gasteiger partial charge in [-0.25, -0.2) is 13.2 Å². The van der Waals surface area contributed by atoms with Crippen molar-refractivity contribution in [2.24, 2.45) is 0 Å². The minimum Gasteiger partial charge on any atom is -0.444 e. The largest absolute Gasteiger partial charge is 0.444 e. The molecule has 1 aliphatic carbocycles. The molecular weight excluding hydrogens is 426 g/mol. The predicted octanol–water partition coefficient (Wildman–Crippen LogP) is 4.05. The van der Waals surface area contributed by atoms with Crippen molar-refractivity contribution >= 4 is 33.8 Å². The van der Waals surface area contributed by atoms with Crippen LogP contribution in [0.5, 0.6) is 0 Å². The van der Waals surface area contributed by atoms with Gasteiger partial charge in [0.05, 0.1) is 4.90 Å². The molecule has 2 aromatic rings. The molecule has 0 spiro atoms. The lowest BCUT2D eigenvalue weighted by Gasteiger charge is -2.22. The predicted molar refractivity (Wildman–Crippen MR) is 115 cm³/mol. The fraction of sp³-hybridized carbons (Fsp3) is 0.364. The molecule has 0 aliphatic heterocycles. The van der Waals surface area contributed by atoms with E-state index in [1.165, 1.54) is 12.1 Å². The second-order valence-electron chi connectivity index (χ2n) is 8.49. The summed E-state index contributed by atoms with van der Waals surface area (Å²) in [5, 5.41) is 1.85. The van der Waals surface area contributed by atoms with Gasteiger partial charge < -0.3 is 14.8 Å². The summed E-state index contributed by atoms with van der Waals surface area (Å²) in [6.07, 6.45) is -0.359. The zero-order valence-corrected chi connectivity index (χ0v) is 18.8. The number of carbonyl (C=O) groups is 2. The van der Waals surface area contributed by atoms with Gasteiger partial charge in [0.15, 0.2) is 9.84 Å². The van der Waals surface area contributed by atoms with Crippen LogP contribution in [0, 0.1) is 6.92 Å². The number of amides is 1. The van der Waals surface area contributed by atoms with Crippen LogP contribution in [-0.2, 0) is 19.4 Å². The van der Waals surface area contributed by atoms with Gasteiger partial charge in [0, 0.05) is 10.9 Å². The lowest BCUT2D eigenvalue weighted by molar-refractivity contribution is -0.110. The Morgan fingerprint density at radius 2 is 1.67 bits per heavy atom. The molecule has 1 saturated carbocycles. The van der Waals surface area contributed by atoms with Crippen molar-refractivity contribution in [2.75, 3.05) is 0 Å². The first-order valence-corrected chi connectivity index (χ1v) is 11.4. The zero-order chi connectivity index (χ0) is 22.3. The highest BCUT2D eigenvalue weighted by molar-refractivity contribution is 7.92. The van der Waals surface area contributed by atoms with Crippen LogP contribution in [-0.4, -0.2) is 37.2 Å². The average molecular weight is 450 g/mol. The molecule has 0 unspecified atom stereocenters. The van der Waals surface area contributed by atoms with E-state index in [-0.39, 0.29) is 4.90 Å². The third kappa shape index (κ3) is 4.23. The summed E-state index contributed by atoms with van der Waals surface area (Å²) in [4.78, 5) is 24.8. The van der Waals surface area contributed by atoms with E-state index in [0.717, 1.165) is 5.56 Å². The Labute approximate surface area is 181 Å². The molecule has 0 aromatic heterocycles. The summed E-state index contributed by atoms with van der Waals surface area (Å²) < 4.78 is 32.1. The summed E-state index contributed by atoms with van der Waals surface area (Å²) in [6, 6.07) is 12.9. The summed E-state index contributed by atoms with van der Waals surface area (Å²) in [5.74, 6) is -0.772. The summed E-state index contributed by atoms with van der Waals surface area (Å²) in [6.45, 7) is 6.91. The summed E-state index contributed by atoms with van der Waals surface area (Å²) >= 11 is 5.96. The number of aryl methyl sites for hydroxylation is 1. The van der Waals surface area contributed by atoms with Crippen molar-refractivity contribution in [1.82, 2.24) is 5.32 Å². The second kappa shape index (κ2) is 7.71. The average Bonchev–Trinajstić information content (AvgIpc) is 3.30. The molecule has 0 heterocycles. The number of sulfone groups is 1. The van der Waals surface area contributed by atoms with Crippen LogP contribution in [0.1, 0.15) is 37.8 Å². The maximum absolute atomic E-state index is 13.4. The number of ether oxygens (including phenoxy) is 1. The monoisotopic (exact) mass is 449 g/mol. The van der Waals surface area contributed by atoms with E-state index < -0.39 is 38.2 Å². The van der Waals surface area contributed by atoms with Gasteiger partial charge in [-0.3, -0.25) is 0 Å². The first kappa shape index (κ1) is 22.3. The first-order chi connectivity index (χ1) is 13.9. The molecule has 1 N–H and O–H groups in total. The van der Waals surface area contributed by atoms with Crippen LogP contribution in [0.15, 0.2) is 53.4 Å². The van der Waals surface area contributed by atoms with Crippen LogP contribution < -0.4 is 5.32 Å². The molecule has 1 amide bonds. The van der Waals surface area contributed by atoms with E-state index in [0.29, 0.717) is 16.9 Å². The van der Waals surface area contributed by atoms with Crippen molar-refractivity contribution in [2.45, 2.75) is 54.9 Å². The number of rotatable bonds is 5. The highest BCUT2D eigenvalue weighted by Gasteiger charge is 2.73. The van der Waals surface area contributed by atoms with E-state index in [9.17, 15) is 18.0 Å². The van der Waals surface area contributed by atoms with Crippen LogP contribution in [0.25, 0.3) is 0 Å². The molecule has 1 fully saturated rings. The van der Waals surface area contributed by atoms with Crippen LogP contribution >= 0.6 is 11.6 Å². The van der Waals surface area contributed by atoms with E-state index >= 15 is 0 Å². The molecule has 0 bridgehead atoms. The highest BCUT2D eigenvalue weighted by atomic mass is 35.5. The van der Waals surface area contributed by atoms with Crippen molar-refractivity contribution in [1.29, 1.82) is 0 Å². The molecular formula is C22H24ClNO5S. The van der Waals surface area contributed by atoms with Gasteiger partial charge in [0.25, 0.3) is 0 Å². The van der Waals surface area contributed by atoms with Crippen LogP contribution in [0.3, 0.4) is 0 Å². The van der Waals surface area contributed by atoms with Gasteiger partial charge in [-0.1, -0.05) is 41.4 Å². The first-order valence-electron chi connectivity index (χ1n) is 9.44. The number of benzene rings is 2. The smallest absolute Gasteiger partial charge is 0.408 e. The Hall–Kier alpha value is -2.38. The molecule has 6 nitrogen and oxygen atoms in total. The Bertz CT molecular complexity index is 1060. The number of alkyl carbamates (subject to hydrolysis) is 1. The number of carbonyl (C=O) groups excluding carboxylic acids is 2. The van der Waals surface area contributed by atoms with Gasteiger partial charge in [-0.05, 0) is 57.5 Å². The lowest BCUT2D eigenvalue weighted by Crippen LogP contribution is -2.45. The van der Waals surface area contributed by atoms with Gasteiger partial charge in [-0.15, -0.1) is 0 Å². The maximum Gasteiger partial charge on any atom is 0.408 e. The second-order valence-corrected chi connectivity index (χ2v) is 11.0. The maximum atomic E-state index is 13.4. The number of hydrogen-bond donors (Lipinski definition) is 1. The fourth-order valence-corrected chi connectivity index (χ4v) is 5.98. The Kier molecular flexibility index (Phi) is 5.73. The molecule has 3 atom stereocenters. The normalized spacial score (nSPS) is 23.5. The summed E-state index contributed by atoms with van der Waals surface area (Å²) in [7, 11) is -3.93. The Morgan fingerprint density at radius 1 is 1.10 bits per heavy atom. The molecule has 1 aliphatic rings. The molecule has 0 saturated heterocycles. The number of halogens is 1. The highest BCUT2D eigenvalue weighted by Crippen LogP contribution is 2.56. The van der Waals surface area contributed by atoms with E-state index in [1.54, 1.807) is 57.2 Å². The van der Waals surface area contributed by atoms with Gasteiger partial charge >= 0.3 is 6.09 Å². The van der Waals surface area contributed by atoms with Crippen LogP contribution in [0.2, 0.25) is 5.02 Å². The number of nitrogens with one attached hydrogen (secondary N) is 1. The lowest BCUT2D eigenvalue weighted by atomic mass is 10.1. The standard InChI is InChI=1S/C22H24ClNO5S/c1-14-5-11-17(12-6-14)30(27,28)19-18(15-7-9-16(23)10-8-15)22(19,13-25)24-20(26)29-21(2,3)4/h5-13,18-19H,1-4H3,(H,24,26)/t18-,19+,22-/m1/s1. The minimum absolute atomic E-state index is 0.0896. The van der Waals surface area contributed by atoms with E-state index in [4.69, 9.17) is 16.3 Å². The third-order valence-corrected chi connectivity index (χ3v) is 7.52. The quantitative estimate of drug-likeness (QED) is 0.695. The number of aldehydes is 1. The third-order valence-electron chi connectivity index (χ3n) is 5.00. The van der Waals surface area contributed by atoms with Gasteiger partial charge in [0.1, 0.15) is 22.7 Å². The Morgan fingerprint density at radius 3 is 2.17 bits per heavy atom. The molecule has 0 radical (unpaired) electrons. The summed E-state index contributed by atoms with van der Waals surface area (Å²) in [5.41, 5.74) is -0.944. The minimum atomic E-state index is -3.93. The van der Waals surface area contributed by atoms with Crippen molar-refractivity contribution in [3.05, 3.63) is 64.7 Å². The van der Waals surface area contributed by atoms with Gasteiger partial charge in [0.2, 0.25) is 0 Å². The van der Waals surface area contributed by atoms with Crippen molar-refractivity contribution in [3.63, 3.8) is 0 Å². The van der Waals surface area contributed by atoms with E-state index in [2.05, 4.69) is 5.32 Å². The van der Waals surface area contributed by atoms with Gasteiger partial charge in [-0.2, -0.15) is 0 Å². The van der Waals surface area contributed by atoms with Crippen LogP contribution in [0.4, 0.5) is 4.79 Å². The van der Waals surface area contributed by atoms with Crippen molar-refractivity contribution in [3.8, 4) is 0 Å². The number of hydrogen-bond acceptors (Lipinski definition) is 5. The fourth-order valence-electron chi connectivity index (χ4n) is 3.60. The SMILES string of the molecule is Cc1ccc(S(=O)(=O)[C@H]2[C@@H](c3ccc(Cl)cc3)[C@@]2(C=O)NC(=O)OC(C)(C)C)cc1. The van der Waals surface area contributed by atoms with E-state index in [1.807, 2.05) is 6.92 Å². The topological polar surface area (TPSA) is 89.5 Å². The van der Waals surface area contributed by atoms with Crippen molar-refractivity contribution < 1.29 is 22.7 Å². The molecule has 3 rings (SSSR count). The zero-order valence-electron chi connectivity index (χ0n) is 17.2.